The fraction of sp³-hybridized carbons (Fsp3) is 0.462. The highest BCUT2D eigenvalue weighted by Crippen LogP contribution is 2.11. The van der Waals surface area contributed by atoms with Crippen LogP contribution in [0.5, 0.6) is 0 Å². The summed E-state index contributed by atoms with van der Waals surface area (Å²) in [6, 6.07) is 7.62. The van der Waals surface area contributed by atoms with Crippen LogP contribution in [0.4, 0.5) is 5.69 Å². The topological polar surface area (TPSA) is 61.5 Å². The van der Waals surface area contributed by atoms with Crippen LogP contribution in [-0.2, 0) is 20.7 Å². The number of nitrogen functional groups attached to an aromatic ring is 1. The Labute approximate surface area is 102 Å². The van der Waals surface area contributed by atoms with E-state index in [1.807, 2.05) is 24.3 Å². The number of carbonyl (C=O) groups is 1. The highest BCUT2D eigenvalue weighted by atomic mass is 16.6. The van der Waals surface area contributed by atoms with Crippen LogP contribution in [0.3, 0.4) is 0 Å². The second-order valence-electron chi connectivity index (χ2n) is 3.71. The van der Waals surface area contributed by atoms with Crippen molar-refractivity contribution in [1.29, 1.82) is 0 Å². The largest absolute Gasteiger partial charge is 0.464 e. The number of rotatable bonds is 6. The van der Waals surface area contributed by atoms with Gasteiger partial charge >= 0.3 is 5.97 Å². The van der Waals surface area contributed by atoms with Gasteiger partial charge in [0.1, 0.15) is 0 Å². The molecule has 1 aromatic carbocycles. The van der Waals surface area contributed by atoms with Crippen molar-refractivity contribution in [2.24, 2.45) is 0 Å². The lowest BCUT2D eigenvalue weighted by Crippen LogP contribution is -2.24. The molecule has 0 aromatic heterocycles. The Hall–Kier alpha value is -1.55. The van der Waals surface area contributed by atoms with Gasteiger partial charge in [-0.3, -0.25) is 0 Å². The van der Waals surface area contributed by atoms with Crippen molar-refractivity contribution in [2.75, 3.05) is 18.9 Å². The number of anilines is 1. The van der Waals surface area contributed by atoms with Crippen LogP contribution in [0.15, 0.2) is 24.3 Å². The summed E-state index contributed by atoms with van der Waals surface area (Å²) in [4.78, 5) is 11.3. The molecule has 1 unspecified atom stereocenters. The van der Waals surface area contributed by atoms with Gasteiger partial charge in [0.25, 0.3) is 0 Å². The Morgan fingerprint density at radius 3 is 2.76 bits per heavy atom. The maximum Gasteiger partial charge on any atom is 0.334 e. The van der Waals surface area contributed by atoms with Crippen LogP contribution in [-0.4, -0.2) is 25.3 Å². The molecule has 0 radical (unpaired) electrons. The molecule has 0 bridgehead atoms. The fourth-order valence-electron chi connectivity index (χ4n) is 1.44. The van der Waals surface area contributed by atoms with E-state index < -0.39 is 6.10 Å². The molecule has 0 fully saturated rings. The summed E-state index contributed by atoms with van der Waals surface area (Å²) in [6.07, 6.45) is 0.163. The van der Waals surface area contributed by atoms with Crippen LogP contribution in [0.1, 0.15) is 19.4 Å². The number of carbonyl (C=O) groups excluding carboxylic acids is 1. The number of hydrogen-bond acceptors (Lipinski definition) is 4. The number of ether oxygens (including phenoxy) is 2. The zero-order valence-electron chi connectivity index (χ0n) is 10.3. The zero-order chi connectivity index (χ0) is 12.7. The average Bonchev–Trinajstić information content (AvgIpc) is 2.31. The molecular formula is C13H19NO3. The molecule has 0 heterocycles. The van der Waals surface area contributed by atoms with Gasteiger partial charge in [-0.1, -0.05) is 18.2 Å². The molecule has 1 rings (SSSR count). The van der Waals surface area contributed by atoms with Gasteiger partial charge in [0.05, 0.1) is 13.2 Å². The van der Waals surface area contributed by atoms with Gasteiger partial charge < -0.3 is 15.2 Å². The van der Waals surface area contributed by atoms with Gasteiger partial charge in [0.2, 0.25) is 0 Å². The molecule has 0 spiro atoms. The second-order valence-corrected chi connectivity index (χ2v) is 3.71. The number of para-hydroxylation sites is 1. The minimum absolute atomic E-state index is 0.325. The summed E-state index contributed by atoms with van der Waals surface area (Å²) in [5.74, 6) is -0.325. The summed E-state index contributed by atoms with van der Waals surface area (Å²) >= 11 is 0. The highest BCUT2D eigenvalue weighted by molar-refractivity contribution is 5.74. The van der Waals surface area contributed by atoms with Gasteiger partial charge in [-0.25, -0.2) is 4.79 Å². The van der Waals surface area contributed by atoms with E-state index in [1.165, 1.54) is 0 Å². The third-order valence-electron chi connectivity index (χ3n) is 2.41. The minimum atomic E-state index is -0.528. The zero-order valence-corrected chi connectivity index (χ0v) is 10.3. The molecule has 0 aliphatic carbocycles. The lowest BCUT2D eigenvalue weighted by Gasteiger charge is -2.12. The summed E-state index contributed by atoms with van der Waals surface area (Å²) in [7, 11) is 0. The molecule has 1 atom stereocenters. The minimum Gasteiger partial charge on any atom is -0.464 e. The number of nitrogens with two attached hydrogens (primary N) is 1. The Kier molecular flexibility index (Phi) is 5.49. The van der Waals surface area contributed by atoms with Gasteiger partial charge in [0.15, 0.2) is 6.10 Å². The molecule has 94 valence electrons. The summed E-state index contributed by atoms with van der Waals surface area (Å²) in [5, 5.41) is 0. The quantitative estimate of drug-likeness (QED) is 0.605. The molecule has 2 N–H and O–H groups in total. The van der Waals surface area contributed by atoms with Crippen molar-refractivity contribution in [1.82, 2.24) is 0 Å². The monoisotopic (exact) mass is 237 g/mol. The van der Waals surface area contributed by atoms with E-state index in [0.29, 0.717) is 19.6 Å². The third kappa shape index (κ3) is 4.44. The molecule has 0 saturated heterocycles. The SMILES string of the molecule is CCOC(=O)C(C)OCCc1ccccc1N. The summed E-state index contributed by atoms with van der Waals surface area (Å²) < 4.78 is 10.2. The van der Waals surface area contributed by atoms with Gasteiger partial charge in [0, 0.05) is 5.69 Å². The predicted molar refractivity (Wildman–Crippen MR) is 66.6 cm³/mol. The fourth-order valence-corrected chi connectivity index (χ4v) is 1.44. The summed E-state index contributed by atoms with van der Waals surface area (Å²) in [5.41, 5.74) is 7.58. The van der Waals surface area contributed by atoms with Crippen molar-refractivity contribution in [3.05, 3.63) is 29.8 Å². The number of benzene rings is 1. The predicted octanol–water partition coefficient (Wildman–Crippen LogP) is 1.78. The molecule has 4 heteroatoms. The van der Waals surface area contributed by atoms with Crippen molar-refractivity contribution in [3.8, 4) is 0 Å². The Bertz CT molecular complexity index is 365. The van der Waals surface area contributed by atoms with E-state index in [0.717, 1.165) is 11.3 Å². The molecule has 0 aliphatic rings. The Morgan fingerprint density at radius 1 is 1.41 bits per heavy atom. The van der Waals surface area contributed by atoms with E-state index in [9.17, 15) is 4.79 Å². The Morgan fingerprint density at radius 2 is 2.12 bits per heavy atom. The van der Waals surface area contributed by atoms with Crippen LogP contribution in [0.25, 0.3) is 0 Å². The van der Waals surface area contributed by atoms with Crippen LogP contribution < -0.4 is 5.73 Å². The molecule has 17 heavy (non-hydrogen) atoms. The smallest absolute Gasteiger partial charge is 0.334 e. The highest BCUT2D eigenvalue weighted by Gasteiger charge is 2.13. The van der Waals surface area contributed by atoms with E-state index in [1.54, 1.807) is 13.8 Å². The van der Waals surface area contributed by atoms with Crippen molar-refractivity contribution in [3.63, 3.8) is 0 Å². The van der Waals surface area contributed by atoms with E-state index in [-0.39, 0.29) is 5.97 Å². The summed E-state index contributed by atoms with van der Waals surface area (Å²) in [6.45, 7) is 4.29. The molecule has 0 saturated carbocycles. The molecule has 1 aromatic rings. The molecule has 0 amide bonds. The first-order chi connectivity index (χ1) is 8.15. The first kappa shape index (κ1) is 13.5. The normalized spacial score (nSPS) is 12.1. The van der Waals surface area contributed by atoms with E-state index >= 15 is 0 Å². The van der Waals surface area contributed by atoms with Crippen LogP contribution in [0.2, 0.25) is 0 Å². The van der Waals surface area contributed by atoms with Gasteiger partial charge in [-0.2, -0.15) is 0 Å². The third-order valence-corrected chi connectivity index (χ3v) is 2.41. The van der Waals surface area contributed by atoms with Gasteiger partial charge in [-0.05, 0) is 31.9 Å². The maximum atomic E-state index is 11.3. The van der Waals surface area contributed by atoms with E-state index in [2.05, 4.69) is 0 Å². The van der Waals surface area contributed by atoms with Crippen molar-refractivity contribution >= 4 is 11.7 Å². The first-order valence-electron chi connectivity index (χ1n) is 5.76. The standard InChI is InChI=1S/C13H19NO3/c1-3-16-13(15)10(2)17-9-8-11-6-4-5-7-12(11)14/h4-7,10H,3,8-9,14H2,1-2H3. The van der Waals surface area contributed by atoms with Gasteiger partial charge in [-0.15, -0.1) is 0 Å². The van der Waals surface area contributed by atoms with Crippen molar-refractivity contribution < 1.29 is 14.3 Å². The molecule has 4 nitrogen and oxygen atoms in total. The maximum absolute atomic E-state index is 11.3. The first-order valence-corrected chi connectivity index (χ1v) is 5.76. The lowest BCUT2D eigenvalue weighted by molar-refractivity contribution is -0.155. The van der Waals surface area contributed by atoms with Crippen LogP contribution in [0, 0.1) is 0 Å². The number of esters is 1. The van der Waals surface area contributed by atoms with E-state index in [4.69, 9.17) is 15.2 Å². The second kappa shape index (κ2) is 6.91. The molecule has 0 aliphatic heterocycles. The number of hydrogen-bond donors (Lipinski definition) is 1. The Balaban J connectivity index is 2.33. The molecular weight excluding hydrogens is 218 g/mol. The van der Waals surface area contributed by atoms with Crippen molar-refractivity contribution in [2.45, 2.75) is 26.4 Å². The van der Waals surface area contributed by atoms with Crippen LogP contribution >= 0.6 is 0 Å². The average molecular weight is 237 g/mol. The lowest BCUT2D eigenvalue weighted by atomic mass is 10.1.